The standard InChI is InChI=1S/C19H21NO3S/c1-24(22,23)18-11-9-16(10-12-18)19(21)20-13-5-8-17(20)14-15-6-3-2-4-7-15/h2-4,6-7,9-12,17H,5,8,13-14H2,1H3. The van der Waals surface area contributed by atoms with Crippen molar-refractivity contribution in [3.05, 3.63) is 65.7 Å². The SMILES string of the molecule is CS(=O)(=O)c1ccc(C(=O)N2CCCC2Cc2ccccc2)cc1. The lowest BCUT2D eigenvalue weighted by Gasteiger charge is -2.25. The van der Waals surface area contributed by atoms with Crippen LogP contribution < -0.4 is 0 Å². The zero-order chi connectivity index (χ0) is 17.2. The molecule has 2 aromatic carbocycles. The Labute approximate surface area is 143 Å². The molecule has 5 heteroatoms. The lowest BCUT2D eigenvalue weighted by Crippen LogP contribution is -2.36. The smallest absolute Gasteiger partial charge is 0.254 e. The average Bonchev–Trinajstić information content (AvgIpc) is 3.02. The van der Waals surface area contributed by atoms with Gasteiger partial charge in [-0.15, -0.1) is 0 Å². The van der Waals surface area contributed by atoms with Crippen LogP contribution in [0.5, 0.6) is 0 Å². The van der Waals surface area contributed by atoms with E-state index in [9.17, 15) is 13.2 Å². The molecule has 2 aromatic rings. The summed E-state index contributed by atoms with van der Waals surface area (Å²) >= 11 is 0. The molecule has 0 spiro atoms. The van der Waals surface area contributed by atoms with Crippen LogP contribution in [0.1, 0.15) is 28.8 Å². The van der Waals surface area contributed by atoms with E-state index in [1.807, 2.05) is 23.1 Å². The topological polar surface area (TPSA) is 54.5 Å². The molecule has 1 saturated heterocycles. The van der Waals surface area contributed by atoms with Crippen molar-refractivity contribution in [2.24, 2.45) is 0 Å². The van der Waals surface area contributed by atoms with E-state index in [1.165, 1.54) is 24.0 Å². The second-order valence-corrected chi connectivity index (χ2v) is 8.30. The first-order chi connectivity index (χ1) is 11.4. The van der Waals surface area contributed by atoms with Crippen molar-refractivity contribution in [2.75, 3.05) is 12.8 Å². The maximum atomic E-state index is 12.8. The fraction of sp³-hybridized carbons (Fsp3) is 0.316. The van der Waals surface area contributed by atoms with E-state index >= 15 is 0 Å². The highest BCUT2D eigenvalue weighted by Gasteiger charge is 2.29. The molecule has 0 bridgehead atoms. The van der Waals surface area contributed by atoms with Gasteiger partial charge < -0.3 is 4.90 Å². The minimum atomic E-state index is -3.24. The Balaban J connectivity index is 1.76. The second-order valence-electron chi connectivity index (χ2n) is 6.28. The van der Waals surface area contributed by atoms with E-state index in [0.29, 0.717) is 5.56 Å². The lowest BCUT2D eigenvalue weighted by molar-refractivity contribution is 0.0736. The molecule has 0 aliphatic carbocycles. The Morgan fingerprint density at radius 2 is 1.75 bits per heavy atom. The van der Waals surface area contributed by atoms with Gasteiger partial charge in [-0.25, -0.2) is 8.42 Å². The molecule has 0 aromatic heterocycles. The van der Waals surface area contributed by atoms with Gasteiger partial charge in [0.1, 0.15) is 0 Å². The van der Waals surface area contributed by atoms with Crippen LogP contribution in [0.3, 0.4) is 0 Å². The number of nitrogens with zero attached hydrogens (tertiary/aromatic N) is 1. The third-order valence-corrected chi connectivity index (χ3v) is 5.61. The van der Waals surface area contributed by atoms with Crippen molar-refractivity contribution < 1.29 is 13.2 Å². The van der Waals surface area contributed by atoms with Gasteiger partial charge in [0.2, 0.25) is 0 Å². The van der Waals surface area contributed by atoms with Crippen LogP contribution in [0.15, 0.2) is 59.5 Å². The van der Waals surface area contributed by atoms with Crippen LogP contribution in [0, 0.1) is 0 Å². The third-order valence-electron chi connectivity index (χ3n) is 4.48. The van der Waals surface area contributed by atoms with E-state index in [4.69, 9.17) is 0 Å². The highest BCUT2D eigenvalue weighted by molar-refractivity contribution is 7.90. The number of carbonyl (C=O) groups is 1. The fourth-order valence-electron chi connectivity index (χ4n) is 3.21. The number of benzene rings is 2. The highest BCUT2D eigenvalue weighted by atomic mass is 32.2. The number of hydrogen-bond donors (Lipinski definition) is 0. The second kappa shape index (κ2) is 6.77. The van der Waals surface area contributed by atoms with E-state index in [-0.39, 0.29) is 16.8 Å². The molecule has 0 N–H and O–H groups in total. The van der Waals surface area contributed by atoms with Crippen LogP contribution in [-0.4, -0.2) is 38.1 Å². The van der Waals surface area contributed by atoms with Gasteiger partial charge in [0.15, 0.2) is 9.84 Å². The molecule has 1 aliphatic heterocycles. The first-order valence-corrected chi connectivity index (χ1v) is 9.99. The summed E-state index contributed by atoms with van der Waals surface area (Å²) in [6.07, 6.45) is 4.03. The normalized spacial score (nSPS) is 17.9. The molecule has 1 fully saturated rings. The molecular weight excluding hydrogens is 322 g/mol. The Morgan fingerprint density at radius 3 is 2.38 bits per heavy atom. The van der Waals surface area contributed by atoms with Crippen LogP contribution in [-0.2, 0) is 16.3 Å². The number of rotatable bonds is 4. The maximum Gasteiger partial charge on any atom is 0.254 e. The predicted octanol–water partition coefficient (Wildman–Crippen LogP) is 2.94. The number of hydrogen-bond acceptors (Lipinski definition) is 3. The maximum absolute atomic E-state index is 12.8. The third kappa shape index (κ3) is 3.67. The zero-order valence-corrected chi connectivity index (χ0v) is 14.5. The monoisotopic (exact) mass is 343 g/mol. The van der Waals surface area contributed by atoms with E-state index in [0.717, 1.165) is 25.8 Å². The number of amides is 1. The molecule has 0 saturated carbocycles. The molecule has 4 nitrogen and oxygen atoms in total. The Morgan fingerprint density at radius 1 is 1.08 bits per heavy atom. The minimum Gasteiger partial charge on any atom is -0.335 e. The Kier molecular flexibility index (Phi) is 4.71. The largest absolute Gasteiger partial charge is 0.335 e. The molecule has 24 heavy (non-hydrogen) atoms. The summed E-state index contributed by atoms with van der Waals surface area (Å²) in [6, 6.07) is 16.6. The van der Waals surface area contributed by atoms with Gasteiger partial charge in [0.25, 0.3) is 5.91 Å². The first kappa shape index (κ1) is 16.7. The van der Waals surface area contributed by atoms with Gasteiger partial charge in [-0.2, -0.15) is 0 Å². The van der Waals surface area contributed by atoms with Crippen LogP contribution in [0.4, 0.5) is 0 Å². The number of sulfone groups is 1. The molecular formula is C19H21NO3S. The molecule has 0 radical (unpaired) electrons. The van der Waals surface area contributed by atoms with Crippen LogP contribution in [0.2, 0.25) is 0 Å². The van der Waals surface area contributed by atoms with Crippen LogP contribution >= 0.6 is 0 Å². The van der Waals surface area contributed by atoms with Crippen molar-refractivity contribution in [1.29, 1.82) is 0 Å². The average molecular weight is 343 g/mol. The predicted molar refractivity (Wildman–Crippen MR) is 93.8 cm³/mol. The zero-order valence-electron chi connectivity index (χ0n) is 13.7. The molecule has 1 heterocycles. The van der Waals surface area contributed by atoms with Gasteiger partial charge in [-0.1, -0.05) is 30.3 Å². The lowest BCUT2D eigenvalue weighted by atomic mass is 10.0. The Hall–Kier alpha value is -2.14. The van der Waals surface area contributed by atoms with Crippen molar-refractivity contribution >= 4 is 15.7 Å². The van der Waals surface area contributed by atoms with Gasteiger partial charge in [0.05, 0.1) is 4.90 Å². The van der Waals surface area contributed by atoms with Crippen LogP contribution in [0.25, 0.3) is 0 Å². The van der Waals surface area contributed by atoms with E-state index in [2.05, 4.69) is 12.1 Å². The highest BCUT2D eigenvalue weighted by Crippen LogP contribution is 2.24. The summed E-state index contributed by atoms with van der Waals surface area (Å²) in [6.45, 7) is 0.754. The Bertz CT molecular complexity index is 813. The molecule has 1 atom stereocenters. The number of carbonyl (C=O) groups excluding carboxylic acids is 1. The van der Waals surface area contributed by atoms with E-state index < -0.39 is 9.84 Å². The first-order valence-electron chi connectivity index (χ1n) is 8.10. The van der Waals surface area contributed by atoms with Gasteiger partial charge in [-0.3, -0.25) is 4.79 Å². The van der Waals surface area contributed by atoms with Gasteiger partial charge >= 0.3 is 0 Å². The van der Waals surface area contributed by atoms with Crippen molar-refractivity contribution in [2.45, 2.75) is 30.2 Å². The molecule has 1 amide bonds. The summed E-state index contributed by atoms with van der Waals surface area (Å²) in [5.41, 5.74) is 1.77. The summed E-state index contributed by atoms with van der Waals surface area (Å²) in [5, 5.41) is 0. The summed E-state index contributed by atoms with van der Waals surface area (Å²) in [5.74, 6) is -0.0199. The fourth-order valence-corrected chi connectivity index (χ4v) is 3.84. The number of likely N-dealkylation sites (tertiary alicyclic amines) is 1. The van der Waals surface area contributed by atoms with Gasteiger partial charge in [-0.05, 0) is 49.1 Å². The summed E-state index contributed by atoms with van der Waals surface area (Å²) < 4.78 is 23.1. The van der Waals surface area contributed by atoms with E-state index in [1.54, 1.807) is 12.1 Å². The summed E-state index contributed by atoms with van der Waals surface area (Å²) in [7, 11) is -3.24. The minimum absolute atomic E-state index is 0.0199. The molecule has 3 rings (SSSR count). The van der Waals surface area contributed by atoms with Crippen molar-refractivity contribution in [3.63, 3.8) is 0 Å². The quantitative estimate of drug-likeness (QED) is 0.858. The van der Waals surface area contributed by atoms with Crippen molar-refractivity contribution in [3.8, 4) is 0 Å². The summed E-state index contributed by atoms with van der Waals surface area (Å²) in [4.78, 5) is 14.9. The van der Waals surface area contributed by atoms with Crippen molar-refractivity contribution in [1.82, 2.24) is 4.90 Å². The molecule has 1 unspecified atom stereocenters. The molecule has 126 valence electrons. The molecule has 1 aliphatic rings. The van der Waals surface area contributed by atoms with Gasteiger partial charge in [0, 0.05) is 24.4 Å².